The molecule has 3 saturated carbocycles. The number of carbonyl (C=O) groups excluding carboxylic acids is 2. The molecule has 3 aliphatic carbocycles. The van der Waals surface area contributed by atoms with E-state index in [1.165, 1.54) is 12.1 Å². The van der Waals surface area contributed by atoms with Crippen molar-refractivity contribution in [1.82, 2.24) is 21.3 Å². The van der Waals surface area contributed by atoms with Gasteiger partial charge in [0.1, 0.15) is 17.8 Å². The van der Waals surface area contributed by atoms with Gasteiger partial charge in [-0.05, 0) is 31.4 Å². The summed E-state index contributed by atoms with van der Waals surface area (Å²) in [7, 11) is 0. The van der Waals surface area contributed by atoms with Crippen molar-refractivity contribution >= 4 is 23.4 Å². The first-order valence-electron chi connectivity index (χ1n) is 9.14. The molecule has 0 aromatic heterocycles. The summed E-state index contributed by atoms with van der Waals surface area (Å²) >= 11 is 5.61. The molecule has 0 spiro atoms. The van der Waals surface area contributed by atoms with E-state index in [0.717, 1.165) is 6.07 Å². The van der Waals surface area contributed by atoms with Crippen molar-refractivity contribution in [3.8, 4) is 5.75 Å². The van der Waals surface area contributed by atoms with Gasteiger partial charge in [-0.3, -0.25) is 14.9 Å². The molecule has 0 radical (unpaired) electrons. The van der Waals surface area contributed by atoms with Crippen molar-refractivity contribution in [2.24, 2.45) is 0 Å². The van der Waals surface area contributed by atoms with E-state index < -0.39 is 12.0 Å². The summed E-state index contributed by atoms with van der Waals surface area (Å²) in [6.07, 6.45) is 1.39. The predicted octanol–water partition coefficient (Wildman–Crippen LogP) is -0.355. The SMILES string of the molecule is O=C(COc1ccc(Cl)c(F)c1)NC12CC(NC(=O)C3CNC(O)CN3)(C1)C2. The summed E-state index contributed by atoms with van der Waals surface area (Å²) < 4.78 is 18.7. The van der Waals surface area contributed by atoms with Crippen LogP contribution in [0.4, 0.5) is 4.39 Å². The lowest BCUT2D eigenvalue weighted by Gasteiger charge is -2.70. The van der Waals surface area contributed by atoms with Crippen molar-refractivity contribution in [3.63, 3.8) is 0 Å². The second-order valence-electron chi connectivity index (χ2n) is 7.88. The van der Waals surface area contributed by atoms with Gasteiger partial charge in [-0.15, -0.1) is 0 Å². The molecule has 2 atom stereocenters. The number of amides is 2. The van der Waals surface area contributed by atoms with Crippen LogP contribution < -0.4 is 26.0 Å². The third-order valence-corrected chi connectivity index (χ3v) is 5.82. The molecule has 5 N–H and O–H groups in total. The summed E-state index contributed by atoms with van der Waals surface area (Å²) in [5, 5.41) is 21.2. The van der Waals surface area contributed by atoms with Crippen LogP contribution in [0.2, 0.25) is 5.02 Å². The number of β-amino-alcohol motifs (C(OH)–C–C–N with tert-alkyl or cyclic N) is 1. The number of benzene rings is 1. The first-order valence-corrected chi connectivity index (χ1v) is 9.52. The maximum Gasteiger partial charge on any atom is 0.258 e. The molecule has 10 heteroatoms. The Kier molecular flexibility index (Phi) is 4.95. The van der Waals surface area contributed by atoms with E-state index in [2.05, 4.69) is 21.3 Å². The molecule has 1 saturated heterocycles. The zero-order valence-electron chi connectivity index (χ0n) is 15.1. The van der Waals surface area contributed by atoms with Gasteiger partial charge in [0, 0.05) is 30.2 Å². The van der Waals surface area contributed by atoms with Gasteiger partial charge >= 0.3 is 0 Å². The van der Waals surface area contributed by atoms with Crippen LogP contribution in [0.5, 0.6) is 5.75 Å². The summed E-state index contributed by atoms with van der Waals surface area (Å²) in [6.45, 7) is 0.471. The molecule has 2 bridgehead atoms. The van der Waals surface area contributed by atoms with E-state index in [-0.39, 0.29) is 46.3 Å². The zero-order valence-corrected chi connectivity index (χ0v) is 15.8. The van der Waals surface area contributed by atoms with Crippen LogP contribution in [0, 0.1) is 5.82 Å². The number of aliphatic hydroxyl groups is 1. The fourth-order valence-corrected chi connectivity index (χ4v) is 4.40. The van der Waals surface area contributed by atoms with Crippen LogP contribution in [-0.2, 0) is 9.59 Å². The number of ether oxygens (including phenoxy) is 1. The maximum atomic E-state index is 13.4. The van der Waals surface area contributed by atoms with Crippen molar-refractivity contribution in [2.75, 3.05) is 19.7 Å². The fourth-order valence-electron chi connectivity index (χ4n) is 4.29. The normalized spacial score (nSPS) is 33.2. The van der Waals surface area contributed by atoms with Gasteiger partial charge in [-0.1, -0.05) is 11.6 Å². The zero-order chi connectivity index (χ0) is 19.9. The summed E-state index contributed by atoms with van der Waals surface area (Å²) in [6, 6.07) is 3.62. The molecule has 2 amide bonds. The molecule has 8 nitrogen and oxygen atoms in total. The van der Waals surface area contributed by atoms with Crippen molar-refractivity contribution in [2.45, 2.75) is 42.6 Å². The molecule has 4 fully saturated rings. The molecule has 1 aromatic carbocycles. The minimum Gasteiger partial charge on any atom is -0.484 e. The van der Waals surface area contributed by atoms with E-state index in [9.17, 15) is 19.1 Å². The highest BCUT2D eigenvalue weighted by Gasteiger charge is 2.69. The average Bonchev–Trinajstić information content (AvgIpc) is 2.60. The molecule has 152 valence electrons. The largest absolute Gasteiger partial charge is 0.484 e. The Balaban J connectivity index is 1.19. The smallest absolute Gasteiger partial charge is 0.258 e. The van der Waals surface area contributed by atoms with Crippen LogP contribution in [0.1, 0.15) is 19.3 Å². The summed E-state index contributed by atoms with van der Waals surface area (Å²) in [5.74, 6) is -0.764. The first-order chi connectivity index (χ1) is 13.3. The average molecular weight is 413 g/mol. The van der Waals surface area contributed by atoms with E-state index in [0.29, 0.717) is 32.4 Å². The molecule has 2 unspecified atom stereocenters. The second-order valence-corrected chi connectivity index (χ2v) is 8.29. The van der Waals surface area contributed by atoms with E-state index in [4.69, 9.17) is 16.3 Å². The minimum absolute atomic E-state index is 0.00611. The molecule has 5 rings (SSSR count). The number of nitrogens with one attached hydrogen (secondary N) is 4. The van der Waals surface area contributed by atoms with Crippen molar-refractivity contribution in [1.29, 1.82) is 0 Å². The number of carbonyl (C=O) groups is 2. The van der Waals surface area contributed by atoms with Crippen molar-refractivity contribution in [3.05, 3.63) is 29.0 Å². The highest BCUT2D eigenvalue weighted by atomic mass is 35.5. The lowest BCUT2D eigenvalue weighted by atomic mass is 9.44. The Bertz CT molecular complexity index is 780. The molecular formula is C18H22ClFN4O4. The summed E-state index contributed by atoms with van der Waals surface area (Å²) in [4.78, 5) is 24.5. The second kappa shape index (κ2) is 7.14. The Hall–Kier alpha value is -1.94. The first kappa shape index (κ1) is 19.4. The Morgan fingerprint density at radius 3 is 2.57 bits per heavy atom. The summed E-state index contributed by atoms with van der Waals surface area (Å²) in [5.41, 5.74) is -0.560. The van der Waals surface area contributed by atoms with Crippen LogP contribution in [-0.4, -0.2) is 60.0 Å². The highest BCUT2D eigenvalue weighted by molar-refractivity contribution is 6.30. The van der Waals surface area contributed by atoms with Gasteiger partial charge < -0.3 is 25.8 Å². The number of hydrogen-bond acceptors (Lipinski definition) is 6. The van der Waals surface area contributed by atoms with Crippen LogP contribution in [0.25, 0.3) is 0 Å². The van der Waals surface area contributed by atoms with Gasteiger partial charge in [0.25, 0.3) is 5.91 Å². The molecule has 1 aromatic rings. The van der Waals surface area contributed by atoms with Gasteiger partial charge in [-0.25, -0.2) is 4.39 Å². The van der Waals surface area contributed by atoms with E-state index in [1.807, 2.05) is 0 Å². The lowest BCUT2D eigenvalue weighted by molar-refractivity contribution is -0.151. The van der Waals surface area contributed by atoms with Crippen LogP contribution in [0.3, 0.4) is 0 Å². The molecule has 1 heterocycles. The van der Waals surface area contributed by atoms with Gasteiger partial charge in [0.2, 0.25) is 5.91 Å². The van der Waals surface area contributed by atoms with Gasteiger partial charge in [0.15, 0.2) is 6.61 Å². The monoisotopic (exact) mass is 412 g/mol. The maximum absolute atomic E-state index is 13.4. The highest BCUT2D eigenvalue weighted by Crippen LogP contribution is 2.60. The molecular weight excluding hydrogens is 391 g/mol. The Morgan fingerprint density at radius 1 is 1.21 bits per heavy atom. The topological polar surface area (TPSA) is 112 Å². The Labute approximate surface area is 166 Å². The Morgan fingerprint density at radius 2 is 1.93 bits per heavy atom. The van der Waals surface area contributed by atoms with Crippen LogP contribution >= 0.6 is 11.6 Å². The number of hydrogen-bond donors (Lipinski definition) is 5. The van der Waals surface area contributed by atoms with E-state index in [1.54, 1.807) is 0 Å². The minimum atomic E-state index is -0.635. The van der Waals surface area contributed by atoms with Crippen molar-refractivity contribution < 1.29 is 23.8 Å². The fraction of sp³-hybridized carbons (Fsp3) is 0.556. The number of rotatable bonds is 6. The third kappa shape index (κ3) is 3.80. The van der Waals surface area contributed by atoms with Crippen LogP contribution in [0.15, 0.2) is 18.2 Å². The standard InChI is InChI=1S/C18H22ClFN4O4/c19-11-2-1-10(3-12(11)20)28-6-15(26)23-17-7-18(8-17,9-17)24-16(27)13-4-22-14(25)5-21-13/h1-3,13-14,21-22,25H,4-9H2,(H,23,26)(H,24,27). The lowest BCUT2D eigenvalue weighted by Crippen LogP contribution is -2.84. The van der Waals surface area contributed by atoms with Gasteiger partial charge in [0.05, 0.1) is 11.1 Å². The third-order valence-electron chi connectivity index (χ3n) is 5.52. The molecule has 1 aliphatic heterocycles. The number of aliphatic hydroxyl groups excluding tert-OH is 1. The number of piperazine rings is 1. The molecule has 28 heavy (non-hydrogen) atoms. The van der Waals surface area contributed by atoms with E-state index >= 15 is 0 Å². The number of halogens is 2. The quantitative estimate of drug-likeness (QED) is 0.436. The van der Waals surface area contributed by atoms with Gasteiger partial charge in [-0.2, -0.15) is 0 Å². The molecule has 4 aliphatic rings. The predicted molar refractivity (Wildman–Crippen MR) is 98.3 cm³/mol.